The first-order valence-corrected chi connectivity index (χ1v) is 5.43. The molecule has 0 fully saturated rings. The lowest BCUT2D eigenvalue weighted by molar-refractivity contribution is 0.881. The zero-order chi connectivity index (χ0) is 8.77. The van der Waals surface area contributed by atoms with Gasteiger partial charge in [-0.05, 0) is 35.0 Å². The molecule has 0 bridgehead atoms. The number of alkyl halides is 1. The summed E-state index contributed by atoms with van der Waals surface area (Å²) in [5.41, 5.74) is 1.31. The van der Waals surface area contributed by atoms with E-state index < -0.39 is 0 Å². The number of halogens is 1. The van der Waals surface area contributed by atoms with E-state index in [2.05, 4.69) is 59.1 Å². The van der Waals surface area contributed by atoms with Crippen LogP contribution >= 0.6 is 27.7 Å². The first kappa shape index (κ1) is 8.45. The van der Waals surface area contributed by atoms with E-state index in [0.717, 1.165) is 0 Å². The van der Waals surface area contributed by atoms with Crippen LogP contribution in [0.3, 0.4) is 0 Å². The van der Waals surface area contributed by atoms with Gasteiger partial charge in [0.25, 0.3) is 0 Å². The Balaban J connectivity index is 2.49. The number of fused-ring (bicyclic) bond motifs is 1. The van der Waals surface area contributed by atoms with Crippen LogP contribution in [0, 0.1) is 0 Å². The molecule has 0 aliphatic carbocycles. The average Bonchev–Trinajstić information content (AvgIpc) is 2.24. The van der Waals surface area contributed by atoms with Crippen molar-refractivity contribution in [1.82, 2.24) is 0 Å². The fourth-order valence-corrected chi connectivity index (χ4v) is 3.11. The lowest BCUT2D eigenvalue weighted by Gasteiger charge is -2.26. The molecule has 1 nitrogen and oxygen atoms in total. The number of anilines is 1. The van der Waals surface area contributed by atoms with Crippen LogP contribution in [0.15, 0.2) is 29.2 Å². The normalized spacial score (nSPS) is 27.4. The molecule has 0 spiro atoms. The van der Waals surface area contributed by atoms with Gasteiger partial charge in [0.2, 0.25) is 0 Å². The van der Waals surface area contributed by atoms with Crippen molar-refractivity contribution >= 4 is 33.4 Å². The molecule has 0 N–H and O–H groups in total. The molecule has 3 heteroatoms. The summed E-state index contributed by atoms with van der Waals surface area (Å²) in [5.74, 6) is 0. The van der Waals surface area contributed by atoms with Crippen molar-refractivity contribution in [2.75, 3.05) is 11.9 Å². The first-order chi connectivity index (χ1) is 5.61. The molecule has 64 valence electrons. The predicted octanol–water partition coefficient (Wildman–Crippen LogP) is 3.30. The van der Waals surface area contributed by atoms with E-state index in [4.69, 9.17) is 0 Å². The summed E-state index contributed by atoms with van der Waals surface area (Å²) >= 11 is 5.52. The Morgan fingerprint density at radius 2 is 2.08 bits per heavy atom. The highest BCUT2D eigenvalue weighted by Gasteiger charge is 2.35. The SMILES string of the molecule is CN1c2ccccc2SC1(C)Br. The zero-order valence-corrected chi connectivity index (χ0v) is 9.45. The van der Waals surface area contributed by atoms with E-state index in [9.17, 15) is 0 Å². The van der Waals surface area contributed by atoms with E-state index in [0.29, 0.717) is 0 Å². The van der Waals surface area contributed by atoms with E-state index in [1.807, 2.05) is 11.8 Å². The molecule has 1 aliphatic rings. The van der Waals surface area contributed by atoms with Crippen molar-refractivity contribution in [3.05, 3.63) is 24.3 Å². The number of rotatable bonds is 0. The average molecular weight is 244 g/mol. The number of hydrogen-bond donors (Lipinski definition) is 0. The van der Waals surface area contributed by atoms with Crippen molar-refractivity contribution in [1.29, 1.82) is 0 Å². The molecule has 2 rings (SSSR count). The minimum Gasteiger partial charge on any atom is -0.350 e. The van der Waals surface area contributed by atoms with Crippen LogP contribution in [0.2, 0.25) is 0 Å². The predicted molar refractivity (Wildman–Crippen MR) is 58.0 cm³/mol. The quantitative estimate of drug-likeness (QED) is 0.509. The van der Waals surface area contributed by atoms with E-state index in [-0.39, 0.29) is 3.78 Å². The van der Waals surface area contributed by atoms with Crippen molar-refractivity contribution in [3.63, 3.8) is 0 Å². The van der Waals surface area contributed by atoms with Gasteiger partial charge in [0, 0.05) is 11.9 Å². The second-order valence-corrected chi connectivity index (χ2v) is 6.51. The second-order valence-electron chi connectivity index (χ2n) is 3.00. The van der Waals surface area contributed by atoms with Gasteiger partial charge in [-0.3, -0.25) is 0 Å². The maximum absolute atomic E-state index is 3.68. The minimum atomic E-state index is 0.0245. The van der Waals surface area contributed by atoms with Gasteiger partial charge in [0.1, 0.15) is 3.78 Å². The standard InChI is InChI=1S/C9H10BrNS/c1-9(10)11(2)7-5-3-4-6-8(7)12-9/h3-6H,1-2H3. The lowest BCUT2D eigenvalue weighted by atomic mass is 10.3. The maximum Gasteiger partial charge on any atom is 0.143 e. The first-order valence-electron chi connectivity index (χ1n) is 3.82. The monoisotopic (exact) mass is 243 g/mol. The van der Waals surface area contributed by atoms with E-state index in [1.54, 1.807) is 0 Å². The number of thioether (sulfide) groups is 1. The molecule has 0 aromatic heterocycles. The minimum absolute atomic E-state index is 0.0245. The molecule has 1 aromatic carbocycles. The highest BCUT2D eigenvalue weighted by Crippen LogP contribution is 2.52. The Kier molecular flexibility index (Phi) is 1.88. The number of hydrogen-bond acceptors (Lipinski definition) is 2. The van der Waals surface area contributed by atoms with Gasteiger partial charge in [0.15, 0.2) is 0 Å². The van der Waals surface area contributed by atoms with Crippen LogP contribution in [0.5, 0.6) is 0 Å². The van der Waals surface area contributed by atoms with Crippen LogP contribution in [0.4, 0.5) is 5.69 Å². The van der Waals surface area contributed by atoms with Crippen LogP contribution < -0.4 is 4.90 Å². The summed E-state index contributed by atoms with van der Waals surface area (Å²) in [6.07, 6.45) is 0. The van der Waals surface area contributed by atoms with Gasteiger partial charge >= 0.3 is 0 Å². The molecular formula is C9H10BrNS. The Hall–Kier alpha value is -0.150. The Morgan fingerprint density at radius 3 is 2.75 bits per heavy atom. The highest BCUT2D eigenvalue weighted by atomic mass is 79.9. The van der Waals surface area contributed by atoms with Gasteiger partial charge in [-0.2, -0.15) is 0 Å². The van der Waals surface area contributed by atoms with Gasteiger partial charge in [-0.25, -0.2) is 0 Å². The third-order valence-electron chi connectivity index (χ3n) is 2.12. The van der Waals surface area contributed by atoms with Crippen molar-refractivity contribution in [2.45, 2.75) is 15.6 Å². The number of para-hydroxylation sites is 1. The second kappa shape index (κ2) is 2.67. The summed E-state index contributed by atoms with van der Waals surface area (Å²) in [4.78, 5) is 3.59. The Morgan fingerprint density at radius 1 is 1.42 bits per heavy atom. The van der Waals surface area contributed by atoms with Crippen molar-refractivity contribution < 1.29 is 0 Å². The smallest absolute Gasteiger partial charge is 0.143 e. The molecular weight excluding hydrogens is 234 g/mol. The highest BCUT2D eigenvalue weighted by molar-refractivity contribution is 9.12. The molecule has 0 radical (unpaired) electrons. The summed E-state index contributed by atoms with van der Waals surface area (Å²) in [7, 11) is 2.10. The van der Waals surface area contributed by atoms with Crippen molar-refractivity contribution in [2.24, 2.45) is 0 Å². The molecule has 1 heterocycles. The molecule has 0 saturated heterocycles. The van der Waals surface area contributed by atoms with Gasteiger partial charge < -0.3 is 4.90 Å². The maximum atomic E-state index is 3.68. The molecule has 0 saturated carbocycles. The Bertz CT molecular complexity index is 311. The number of nitrogens with zero attached hydrogens (tertiary/aromatic N) is 1. The Labute approximate surface area is 85.3 Å². The van der Waals surface area contributed by atoms with E-state index >= 15 is 0 Å². The van der Waals surface area contributed by atoms with E-state index in [1.165, 1.54) is 10.6 Å². The van der Waals surface area contributed by atoms with Crippen LogP contribution in [0.25, 0.3) is 0 Å². The fourth-order valence-electron chi connectivity index (χ4n) is 1.30. The van der Waals surface area contributed by atoms with Gasteiger partial charge in [-0.15, -0.1) is 0 Å². The summed E-state index contributed by atoms with van der Waals surface area (Å²) in [6.45, 7) is 2.16. The molecule has 12 heavy (non-hydrogen) atoms. The largest absolute Gasteiger partial charge is 0.350 e. The van der Waals surface area contributed by atoms with Gasteiger partial charge in [0.05, 0.1) is 5.69 Å². The van der Waals surface area contributed by atoms with Crippen LogP contribution in [0.1, 0.15) is 6.92 Å². The lowest BCUT2D eigenvalue weighted by Crippen LogP contribution is -2.30. The number of benzene rings is 1. The molecule has 1 atom stereocenters. The van der Waals surface area contributed by atoms with Gasteiger partial charge in [-0.1, -0.05) is 23.9 Å². The van der Waals surface area contributed by atoms with Crippen LogP contribution in [-0.2, 0) is 0 Å². The topological polar surface area (TPSA) is 3.24 Å². The molecule has 1 aromatic rings. The molecule has 0 amide bonds. The van der Waals surface area contributed by atoms with Crippen molar-refractivity contribution in [3.8, 4) is 0 Å². The summed E-state index contributed by atoms with van der Waals surface area (Å²) in [6, 6.07) is 8.45. The fraction of sp³-hybridized carbons (Fsp3) is 0.333. The third kappa shape index (κ3) is 1.15. The molecule has 1 unspecified atom stereocenters. The summed E-state index contributed by atoms with van der Waals surface area (Å²) < 4.78 is 0.0245. The zero-order valence-electron chi connectivity index (χ0n) is 7.04. The molecule has 1 aliphatic heterocycles. The summed E-state index contributed by atoms with van der Waals surface area (Å²) in [5, 5.41) is 0. The third-order valence-corrected chi connectivity index (χ3v) is 4.35. The van der Waals surface area contributed by atoms with Crippen LogP contribution in [-0.4, -0.2) is 10.8 Å².